The molecule has 19 heavy (non-hydrogen) atoms. The Balaban J connectivity index is 2.37. The normalized spacial score (nSPS) is 13.4. The Labute approximate surface area is 122 Å². The van der Waals surface area contributed by atoms with Gasteiger partial charge in [-0.15, -0.1) is 0 Å². The molecule has 0 radical (unpaired) electrons. The van der Waals surface area contributed by atoms with Gasteiger partial charge < -0.3 is 9.73 Å². The molecule has 0 spiro atoms. The molecule has 0 saturated heterocycles. The second kappa shape index (κ2) is 8.67. The molecule has 0 aliphatic heterocycles. The predicted octanol–water partition coefficient (Wildman–Crippen LogP) is 3.21. The fourth-order valence-electron chi connectivity index (χ4n) is 1.88. The van der Waals surface area contributed by atoms with Gasteiger partial charge in [0, 0.05) is 23.9 Å². The van der Waals surface area contributed by atoms with Crippen molar-refractivity contribution in [3.05, 3.63) is 23.7 Å². The van der Waals surface area contributed by atoms with Crippen LogP contribution in [0, 0.1) is 5.92 Å². The molecule has 1 aromatic rings. The number of nitrogens with one attached hydrogen (secondary N) is 1. The summed E-state index contributed by atoms with van der Waals surface area (Å²) in [4.78, 5) is 2.33. The van der Waals surface area contributed by atoms with Crippen LogP contribution in [0.25, 0.3) is 0 Å². The molecular formula is C15H28N2OS. The summed E-state index contributed by atoms with van der Waals surface area (Å²) < 4.78 is 5.63. The van der Waals surface area contributed by atoms with Gasteiger partial charge in [-0.3, -0.25) is 4.90 Å². The van der Waals surface area contributed by atoms with Crippen molar-refractivity contribution in [1.82, 2.24) is 10.2 Å². The van der Waals surface area contributed by atoms with Crippen molar-refractivity contribution in [1.29, 1.82) is 0 Å². The maximum absolute atomic E-state index is 5.63. The van der Waals surface area contributed by atoms with Crippen molar-refractivity contribution < 1.29 is 4.42 Å². The van der Waals surface area contributed by atoms with E-state index in [1.807, 2.05) is 18.0 Å². The quantitative estimate of drug-likeness (QED) is 0.754. The SMILES string of the molecule is CSCC(C)N(C)Cc1cc(CNCC(C)C)co1. The number of rotatable bonds is 9. The van der Waals surface area contributed by atoms with E-state index in [2.05, 4.69) is 50.4 Å². The van der Waals surface area contributed by atoms with Crippen molar-refractivity contribution in [2.75, 3.05) is 25.6 Å². The van der Waals surface area contributed by atoms with E-state index < -0.39 is 0 Å². The summed E-state index contributed by atoms with van der Waals surface area (Å²) in [6, 6.07) is 2.73. The van der Waals surface area contributed by atoms with Crippen LogP contribution in [0.5, 0.6) is 0 Å². The molecule has 1 atom stereocenters. The third kappa shape index (κ3) is 6.50. The van der Waals surface area contributed by atoms with E-state index in [1.54, 1.807) is 0 Å². The Bertz CT molecular complexity index is 352. The molecule has 110 valence electrons. The van der Waals surface area contributed by atoms with Gasteiger partial charge in [-0.25, -0.2) is 0 Å². The first-order chi connectivity index (χ1) is 9.02. The van der Waals surface area contributed by atoms with E-state index >= 15 is 0 Å². The Morgan fingerprint density at radius 2 is 2.11 bits per heavy atom. The van der Waals surface area contributed by atoms with Gasteiger partial charge in [0.25, 0.3) is 0 Å². The Morgan fingerprint density at radius 3 is 2.74 bits per heavy atom. The maximum atomic E-state index is 5.63. The zero-order valence-corrected chi connectivity index (χ0v) is 13.7. The van der Waals surface area contributed by atoms with Crippen molar-refractivity contribution in [2.45, 2.75) is 39.9 Å². The summed E-state index contributed by atoms with van der Waals surface area (Å²) in [6.45, 7) is 9.51. The molecule has 3 nitrogen and oxygen atoms in total. The minimum atomic E-state index is 0.572. The van der Waals surface area contributed by atoms with Gasteiger partial charge in [0.2, 0.25) is 0 Å². The summed E-state index contributed by atoms with van der Waals surface area (Å²) in [5.74, 6) is 2.89. The van der Waals surface area contributed by atoms with Crippen LogP contribution in [0.2, 0.25) is 0 Å². The van der Waals surface area contributed by atoms with Crippen LogP contribution in [-0.2, 0) is 13.1 Å². The van der Waals surface area contributed by atoms with Gasteiger partial charge in [0.15, 0.2) is 0 Å². The van der Waals surface area contributed by atoms with E-state index in [0.29, 0.717) is 12.0 Å². The van der Waals surface area contributed by atoms with E-state index in [1.165, 1.54) is 5.56 Å². The molecule has 4 heteroatoms. The molecule has 0 aliphatic rings. The first-order valence-corrected chi connectivity index (χ1v) is 8.38. The molecule has 1 rings (SSSR count). The van der Waals surface area contributed by atoms with Gasteiger partial charge in [-0.1, -0.05) is 13.8 Å². The monoisotopic (exact) mass is 284 g/mol. The van der Waals surface area contributed by atoms with Crippen LogP contribution >= 0.6 is 11.8 Å². The van der Waals surface area contributed by atoms with Crippen LogP contribution < -0.4 is 5.32 Å². The van der Waals surface area contributed by atoms with Crippen LogP contribution in [0.3, 0.4) is 0 Å². The molecule has 0 saturated carbocycles. The summed E-state index contributed by atoms with van der Waals surface area (Å²) in [5.41, 5.74) is 1.24. The minimum Gasteiger partial charge on any atom is -0.468 e. The van der Waals surface area contributed by atoms with Gasteiger partial charge in [0.1, 0.15) is 5.76 Å². The molecule has 0 bridgehead atoms. The molecule has 0 amide bonds. The van der Waals surface area contributed by atoms with E-state index in [-0.39, 0.29) is 0 Å². The smallest absolute Gasteiger partial charge is 0.118 e. The van der Waals surface area contributed by atoms with Crippen LogP contribution in [0.1, 0.15) is 32.1 Å². The lowest BCUT2D eigenvalue weighted by Gasteiger charge is -2.22. The highest BCUT2D eigenvalue weighted by Crippen LogP contribution is 2.13. The van der Waals surface area contributed by atoms with Gasteiger partial charge >= 0.3 is 0 Å². The lowest BCUT2D eigenvalue weighted by molar-refractivity contribution is 0.247. The number of hydrogen-bond donors (Lipinski definition) is 1. The highest BCUT2D eigenvalue weighted by molar-refractivity contribution is 7.98. The Morgan fingerprint density at radius 1 is 1.37 bits per heavy atom. The van der Waals surface area contributed by atoms with Crippen LogP contribution in [0.15, 0.2) is 16.7 Å². The lowest BCUT2D eigenvalue weighted by Crippen LogP contribution is -2.30. The average molecular weight is 284 g/mol. The Kier molecular flexibility index (Phi) is 7.57. The largest absolute Gasteiger partial charge is 0.468 e. The van der Waals surface area contributed by atoms with Crippen LogP contribution in [0.4, 0.5) is 0 Å². The van der Waals surface area contributed by atoms with Crippen molar-refractivity contribution in [3.63, 3.8) is 0 Å². The summed E-state index contributed by atoms with van der Waals surface area (Å²) in [5, 5.41) is 3.43. The van der Waals surface area contributed by atoms with Crippen molar-refractivity contribution in [2.24, 2.45) is 5.92 Å². The van der Waals surface area contributed by atoms with Crippen molar-refractivity contribution in [3.8, 4) is 0 Å². The third-order valence-corrected chi connectivity index (χ3v) is 3.97. The fourth-order valence-corrected chi connectivity index (χ4v) is 2.61. The fraction of sp³-hybridized carbons (Fsp3) is 0.733. The van der Waals surface area contributed by atoms with E-state index in [9.17, 15) is 0 Å². The first kappa shape index (κ1) is 16.6. The zero-order chi connectivity index (χ0) is 14.3. The number of thioether (sulfide) groups is 1. The molecule has 0 aliphatic carbocycles. The second-order valence-electron chi connectivity index (χ2n) is 5.67. The van der Waals surface area contributed by atoms with Gasteiger partial charge in [0.05, 0.1) is 12.8 Å². The number of furan rings is 1. The summed E-state index contributed by atoms with van der Waals surface area (Å²) in [7, 11) is 2.15. The highest BCUT2D eigenvalue weighted by Gasteiger charge is 2.11. The third-order valence-electron chi connectivity index (χ3n) is 3.16. The van der Waals surface area contributed by atoms with Crippen LogP contribution in [-0.4, -0.2) is 36.5 Å². The molecule has 1 aromatic heterocycles. The average Bonchev–Trinajstić information content (AvgIpc) is 2.76. The number of hydrogen-bond acceptors (Lipinski definition) is 4. The number of nitrogens with zero attached hydrogens (tertiary/aromatic N) is 1. The van der Waals surface area contributed by atoms with Gasteiger partial charge in [-0.2, -0.15) is 11.8 Å². The topological polar surface area (TPSA) is 28.4 Å². The summed E-state index contributed by atoms with van der Waals surface area (Å²) in [6.07, 6.45) is 4.02. The summed E-state index contributed by atoms with van der Waals surface area (Å²) >= 11 is 1.89. The molecule has 1 unspecified atom stereocenters. The van der Waals surface area contributed by atoms with Crippen molar-refractivity contribution >= 4 is 11.8 Å². The van der Waals surface area contributed by atoms with Gasteiger partial charge in [-0.05, 0) is 38.8 Å². The molecule has 1 heterocycles. The lowest BCUT2D eigenvalue weighted by atomic mass is 10.2. The predicted molar refractivity (Wildman–Crippen MR) is 84.6 cm³/mol. The molecule has 0 fully saturated rings. The standard InChI is InChI=1S/C15H28N2OS/c1-12(2)7-16-8-14-6-15(18-10-14)9-17(4)13(3)11-19-5/h6,10,12-13,16H,7-9,11H2,1-5H3. The highest BCUT2D eigenvalue weighted by atomic mass is 32.2. The zero-order valence-electron chi connectivity index (χ0n) is 12.9. The Hall–Kier alpha value is -0.450. The molecule has 1 N–H and O–H groups in total. The molecule has 0 aromatic carbocycles. The first-order valence-electron chi connectivity index (χ1n) is 6.99. The van der Waals surface area contributed by atoms with E-state index in [4.69, 9.17) is 4.42 Å². The maximum Gasteiger partial charge on any atom is 0.118 e. The molecular weight excluding hydrogens is 256 g/mol. The minimum absolute atomic E-state index is 0.572. The second-order valence-corrected chi connectivity index (χ2v) is 6.58. The van der Waals surface area contributed by atoms with E-state index in [0.717, 1.165) is 31.1 Å².